The monoisotopic (exact) mass is 279 g/mol. The summed E-state index contributed by atoms with van der Waals surface area (Å²) in [6.07, 6.45) is 2.66. The topological polar surface area (TPSA) is 75.4 Å². The Labute approximate surface area is 118 Å². The molecule has 2 amide bonds. The smallest absolute Gasteiger partial charge is 0.246 e. The zero-order valence-corrected chi connectivity index (χ0v) is 12.2. The van der Waals surface area contributed by atoms with Crippen LogP contribution < -0.4 is 5.32 Å². The minimum Gasteiger partial charge on any atom is -0.361 e. The van der Waals surface area contributed by atoms with Crippen molar-refractivity contribution in [3.63, 3.8) is 0 Å². The van der Waals surface area contributed by atoms with Crippen LogP contribution in [-0.4, -0.2) is 35.5 Å². The van der Waals surface area contributed by atoms with Crippen LogP contribution in [0.3, 0.4) is 0 Å². The predicted molar refractivity (Wildman–Crippen MR) is 74.9 cm³/mol. The van der Waals surface area contributed by atoms with Crippen molar-refractivity contribution in [2.75, 3.05) is 13.6 Å². The van der Waals surface area contributed by atoms with Gasteiger partial charge in [-0.2, -0.15) is 0 Å². The van der Waals surface area contributed by atoms with E-state index in [-0.39, 0.29) is 18.4 Å². The molecule has 0 saturated carbocycles. The zero-order valence-electron chi connectivity index (χ0n) is 12.2. The second-order valence-corrected chi connectivity index (χ2v) is 4.41. The highest BCUT2D eigenvalue weighted by atomic mass is 16.5. The van der Waals surface area contributed by atoms with Crippen LogP contribution in [0.25, 0.3) is 0 Å². The third-order valence-electron chi connectivity index (χ3n) is 3.00. The lowest BCUT2D eigenvalue weighted by molar-refractivity contribution is -0.131. The number of likely N-dealkylation sites (N-methyl/N-ethyl adjacent to an activating group) is 1. The van der Waals surface area contributed by atoms with Gasteiger partial charge in [0.15, 0.2) is 0 Å². The molecule has 0 fully saturated rings. The van der Waals surface area contributed by atoms with Crippen molar-refractivity contribution in [3.05, 3.63) is 29.7 Å². The number of nitrogens with one attached hydrogen (secondary N) is 1. The van der Waals surface area contributed by atoms with Crippen LogP contribution >= 0.6 is 0 Å². The second-order valence-electron chi connectivity index (χ2n) is 4.41. The number of aryl methyl sites for hydroxylation is 2. The van der Waals surface area contributed by atoms with Crippen molar-refractivity contribution in [2.24, 2.45) is 0 Å². The fourth-order valence-corrected chi connectivity index (χ4v) is 1.83. The van der Waals surface area contributed by atoms with E-state index in [1.807, 2.05) is 13.8 Å². The van der Waals surface area contributed by atoms with Crippen LogP contribution in [0, 0.1) is 0 Å². The average molecular weight is 279 g/mol. The van der Waals surface area contributed by atoms with Crippen LogP contribution in [0.1, 0.15) is 30.9 Å². The van der Waals surface area contributed by atoms with E-state index >= 15 is 0 Å². The number of carbonyl (C=O) groups is 2. The summed E-state index contributed by atoms with van der Waals surface area (Å²) in [7, 11) is 1.55. The zero-order chi connectivity index (χ0) is 15.1. The Morgan fingerprint density at radius 2 is 2.10 bits per heavy atom. The van der Waals surface area contributed by atoms with Crippen molar-refractivity contribution in [3.8, 4) is 0 Å². The number of carbonyl (C=O) groups excluding carboxylic acids is 2. The summed E-state index contributed by atoms with van der Waals surface area (Å²) in [5.41, 5.74) is 1.79. The Morgan fingerprint density at radius 3 is 2.65 bits per heavy atom. The van der Waals surface area contributed by atoms with Gasteiger partial charge < -0.3 is 14.7 Å². The van der Waals surface area contributed by atoms with E-state index in [0.29, 0.717) is 6.54 Å². The van der Waals surface area contributed by atoms with Gasteiger partial charge in [-0.25, -0.2) is 0 Å². The van der Waals surface area contributed by atoms with E-state index in [1.165, 1.54) is 11.0 Å². The number of hydrogen-bond donors (Lipinski definition) is 1. The second kappa shape index (κ2) is 7.47. The minimum absolute atomic E-state index is 0.000942. The summed E-state index contributed by atoms with van der Waals surface area (Å²) in [5.74, 6) is 0.277. The molecule has 1 aromatic heterocycles. The van der Waals surface area contributed by atoms with Crippen LogP contribution in [0.4, 0.5) is 0 Å². The van der Waals surface area contributed by atoms with Crippen molar-refractivity contribution in [1.82, 2.24) is 15.4 Å². The fourth-order valence-electron chi connectivity index (χ4n) is 1.83. The molecule has 0 aliphatic heterocycles. The van der Waals surface area contributed by atoms with Gasteiger partial charge in [0.2, 0.25) is 11.8 Å². The Morgan fingerprint density at radius 1 is 1.40 bits per heavy atom. The molecule has 1 rings (SSSR count). The summed E-state index contributed by atoms with van der Waals surface area (Å²) < 4.78 is 5.23. The first kappa shape index (κ1) is 15.9. The first-order valence-electron chi connectivity index (χ1n) is 6.63. The highest BCUT2D eigenvalue weighted by Crippen LogP contribution is 2.15. The molecular formula is C14H21N3O3. The van der Waals surface area contributed by atoms with Gasteiger partial charge in [-0.1, -0.05) is 25.6 Å². The molecule has 0 unspecified atom stereocenters. The molecule has 1 heterocycles. The number of amides is 2. The fraction of sp³-hybridized carbons (Fsp3) is 0.500. The van der Waals surface area contributed by atoms with E-state index in [0.717, 1.165) is 29.9 Å². The molecule has 0 radical (unpaired) electrons. The maximum atomic E-state index is 11.8. The van der Waals surface area contributed by atoms with E-state index in [9.17, 15) is 9.59 Å². The third-order valence-corrected chi connectivity index (χ3v) is 3.00. The maximum Gasteiger partial charge on any atom is 0.246 e. The molecule has 0 aliphatic carbocycles. The van der Waals surface area contributed by atoms with Gasteiger partial charge >= 0.3 is 0 Å². The number of nitrogens with zero attached hydrogens (tertiary/aromatic N) is 2. The normalized spacial score (nSPS) is 10.2. The van der Waals surface area contributed by atoms with Crippen molar-refractivity contribution in [2.45, 2.75) is 33.2 Å². The first-order valence-corrected chi connectivity index (χ1v) is 6.63. The molecule has 6 nitrogen and oxygen atoms in total. The average Bonchev–Trinajstić information content (AvgIpc) is 2.85. The summed E-state index contributed by atoms with van der Waals surface area (Å²) in [4.78, 5) is 24.4. The van der Waals surface area contributed by atoms with Gasteiger partial charge in [-0.05, 0) is 12.5 Å². The highest BCUT2D eigenvalue weighted by Gasteiger charge is 2.15. The predicted octanol–water partition coefficient (Wildman–Crippen LogP) is 1.06. The van der Waals surface area contributed by atoms with E-state index in [4.69, 9.17) is 4.52 Å². The largest absolute Gasteiger partial charge is 0.361 e. The van der Waals surface area contributed by atoms with Crippen molar-refractivity contribution in [1.29, 1.82) is 0 Å². The molecule has 0 aliphatic rings. The van der Waals surface area contributed by atoms with E-state index < -0.39 is 0 Å². The molecule has 0 spiro atoms. The van der Waals surface area contributed by atoms with E-state index in [2.05, 4.69) is 17.1 Å². The van der Waals surface area contributed by atoms with Gasteiger partial charge in [-0.3, -0.25) is 9.59 Å². The molecular weight excluding hydrogens is 258 g/mol. The minimum atomic E-state index is -0.284. The quantitative estimate of drug-likeness (QED) is 0.757. The van der Waals surface area contributed by atoms with Gasteiger partial charge in [0.05, 0.1) is 12.2 Å². The summed E-state index contributed by atoms with van der Waals surface area (Å²) >= 11 is 0. The molecule has 0 saturated heterocycles. The van der Waals surface area contributed by atoms with Crippen molar-refractivity contribution < 1.29 is 14.1 Å². The van der Waals surface area contributed by atoms with Crippen LogP contribution in [-0.2, 0) is 29.0 Å². The molecule has 0 bridgehead atoms. The third kappa shape index (κ3) is 3.94. The Bertz CT molecular complexity index is 472. The molecule has 0 atom stereocenters. The van der Waals surface area contributed by atoms with Gasteiger partial charge in [0, 0.05) is 25.6 Å². The summed E-state index contributed by atoms with van der Waals surface area (Å²) in [5, 5.41) is 6.76. The van der Waals surface area contributed by atoms with Gasteiger partial charge in [0.1, 0.15) is 5.76 Å². The number of rotatable bonds is 7. The standard InChI is InChI=1S/C14H21N3O3/c1-5-11-10(12(6-2)20-16-11)8-15-13(18)9-17(4)14(19)7-3/h7H,3,5-6,8-9H2,1-2,4H3,(H,15,18). The molecule has 6 heteroatoms. The van der Waals surface area contributed by atoms with Crippen LogP contribution in [0.15, 0.2) is 17.2 Å². The maximum absolute atomic E-state index is 11.8. The van der Waals surface area contributed by atoms with Gasteiger partial charge in [0.25, 0.3) is 0 Å². The SMILES string of the molecule is C=CC(=O)N(C)CC(=O)NCc1c(CC)noc1CC. The molecule has 1 aromatic rings. The van der Waals surface area contributed by atoms with Crippen LogP contribution in [0.5, 0.6) is 0 Å². The summed E-state index contributed by atoms with van der Waals surface area (Å²) in [6, 6.07) is 0. The number of aromatic nitrogens is 1. The lowest BCUT2D eigenvalue weighted by Crippen LogP contribution is -2.37. The number of hydrogen-bond acceptors (Lipinski definition) is 4. The van der Waals surface area contributed by atoms with Gasteiger partial charge in [-0.15, -0.1) is 0 Å². The first-order chi connectivity index (χ1) is 9.53. The van der Waals surface area contributed by atoms with Crippen molar-refractivity contribution >= 4 is 11.8 Å². The summed E-state index contributed by atoms with van der Waals surface area (Å²) in [6.45, 7) is 7.70. The Hall–Kier alpha value is -2.11. The molecule has 20 heavy (non-hydrogen) atoms. The molecule has 0 aromatic carbocycles. The Kier molecular flexibility index (Phi) is 5.96. The highest BCUT2D eigenvalue weighted by molar-refractivity contribution is 5.90. The van der Waals surface area contributed by atoms with Crippen LogP contribution in [0.2, 0.25) is 0 Å². The lowest BCUT2D eigenvalue weighted by Gasteiger charge is -2.14. The lowest BCUT2D eigenvalue weighted by atomic mass is 10.1. The molecule has 1 N–H and O–H groups in total. The molecule has 110 valence electrons. The van der Waals surface area contributed by atoms with E-state index in [1.54, 1.807) is 7.05 Å². The Balaban J connectivity index is 2.59.